The van der Waals surface area contributed by atoms with Crippen LogP contribution in [-0.2, 0) is 0 Å². The largest absolute Gasteiger partial charge is 0.366 e. The molecular weight excluding hydrogens is 348 g/mol. The fourth-order valence-corrected chi connectivity index (χ4v) is 4.52. The fraction of sp³-hybridized carbons (Fsp3) is 0.250. The van der Waals surface area contributed by atoms with Crippen molar-refractivity contribution in [3.05, 3.63) is 68.6 Å². The monoisotopic (exact) mass is 366 g/mol. The van der Waals surface area contributed by atoms with Crippen LogP contribution >= 0.6 is 11.8 Å². The van der Waals surface area contributed by atoms with Crippen molar-refractivity contribution in [1.82, 2.24) is 0 Å². The molecule has 1 saturated heterocycles. The van der Waals surface area contributed by atoms with Crippen LogP contribution in [0, 0.1) is 10.1 Å². The van der Waals surface area contributed by atoms with Gasteiger partial charge >= 0.3 is 0 Å². The van der Waals surface area contributed by atoms with Gasteiger partial charge in [-0.05, 0) is 49.1 Å². The number of fused-ring (bicyclic) bond motifs is 1. The van der Waals surface area contributed by atoms with Crippen LogP contribution in [-0.4, -0.2) is 23.8 Å². The van der Waals surface area contributed by atoms with Crippen molar-refractivity contribution in [2.75, 3.05) is 18.0 Å². The van der Waals surface area contributed by atoms with Crippen molar-refractivity contribution in [3.63, 3.8) is 0 Å². The van der Waals surface area contributed by atoms with E-state index in [1.807, 2.05) is 36.4 Å². The van der Waals surface area contributed by atoms with Crippen molar-refractivity contribution >= 4 is 35.0 Å². The number of Topliss-reactive ketones (excluding diaryl/α,β-unsaturated/α-hetero) is 1. The first kappa shape index (κ1) is 16.8. The average Bonchev–Trinajstić information content (AvgIpc) is 2.98. The Morgan fingerprint density at radius 3 is 2.58 bits per heavy atom. The summed E-state index contributed by atoms with van der Waals surface area (Å²) >= 11 is 1.42. The minimum atomic E-state index is -0.329. The molecule has 0 amide bonds. The third-order valence-electron chi connectivity index (χ3n) is 4.77. The highest BCUT2D eigenvalue weighted by Crippen LogP contribution is 2.41. The lowest BCUT2D eigenvalue weighted by atomic mass is 10.1. The maximum atomic E-state index is 12.5. The van der Waals surface area contributed by atoms with Crippen LogP contribution in [0.4, 0.5) is 11.4 Å². The van der Waals surface area contributed by atoms with Crippen molar-refractivity contribution in [2.45, 2.75) is 24.2 Å². The van der Waals surface area contributed by atoms with Crippen molar-refractivity contribution in [1.29, 1.82) is 0 Å². The van der Waals surface area contributed by atoms with E-state index in [9.17, 15) is 14.9 Å². The van der Waals surface area contributed by atoms with Gasteiger partial charge in [0.15, 0.2) is 0 Å². The third-order valence-corrected chi connectivity index (χ3v) is 5.87. The smallest absolute Gasteiger partial charge is 0.293 e. The number of carbonyl (C=O) groups is 1. The number of nitro benzene ring substituents is 1. The first-order chi connectivity index (χ1) is 12.6. The molecule has 0 saturated carbocycles. The average molecular weight is 366 g/mol. The highest BCUT2D eigenvalue weighted by Gasteiger charge is 2.26. The van der Waals surface area contributed by atoms with Gasteiger partial charge in [-0.2, -0.15) is 0 Å². The van der Waals surface area contributed by atoms with Gasteiger partial charge in [0.25, 0.3) is 5.69 Å². The molecule has 5 nitrogen and oxygen atoms in total. The molecule has 26 heavy (non-hydrogen) atoms. The molecule has 1 fully saturated rings. The number of benzene rings is 2. The summed E-state index contributed by atoms with van der Waals surface area (Å²) < 4.78 is 0. The van der Waals surface area contributed by atoms with Crippen LogP contribution in [0.5, 0.6) is 0 Å². The Hall–Kier alpha value is -2.60. The van der Waals surface area contributed by atoms with E-state index in [4.69, 9.17) is 0 Å². The molecule has 0 aliphatic carbocycles. The molecule has 0 spiro atoms. The van der Waals surface area contributed by atoms with E-state index in [0.29, 0.717) is 21.7 Å². The number of hydrogen-bond donors (Lipinski definition) is 0. The highest BCUT2D eigenvalue weighted by atomic mass is 32.2. The Bertz CT molecular complexity index is 917. The van der Waals surface area contributed by atoms with Crippen molar-refractivity contribution in [3.8, 4) is 0 Å². The molecule has 2 heterocycles. The first-order valence-corrected chi connectivity index (χ1v) is 9.52. The maximum absolute atomic E-state index is 12.5. The van der Waals surface area contributed by atoms with Crippen LogP contribution in [0.25, 0.3) is 6.08 Å². The Kier molecular flexibility index (Phi) is 4.51. The minimum absolute atomic E-state index is 0.0200. The maximum Gasteiger partial charge on any atom is 0.293 e. The number of thioether (sulfide) groups is 1. The van der Waals surface area contributed by atoms with Crippen molar-refractivity contribution in [2.24, 2.45) is 0 Å². The molecule has 0 radical (unpaired) electrons. The molecule has 0 N–H and O–H groups in total. The minimum Gasteiger partial charge on any atom is -0.366 e. The standard InChI is InChI=1S/C20H18N2O3S/c23-20-15-6-2-3-7-18(15)26-19(20)13-14-8-9-16(17(12-14)22(24)25)21-10-4-1-5-11-21/h2-3,6-9,12-13H,1,4-5,10-11H2/b19-13-. The lowest BCUT2D eigenvalue weighted by Crippen LogP contribution is -2.29. The van der Waals surface area contributed by atoms with Gasteiger partial charge < -0.3 is 4.90 Å². The van der Waals surface area contributed by atoms with Crippen LogP contribution in [0.3, 0.4) is 0 Å². The summed E-state index contributed by atoms with van der Waals surface area (Å²) in [5, 5.41) is 11.6. The second kappa shape index (κ2) is 6.96. The molecule has 2 aliphatic heterocycles. The first-order valence-electron chi connectivity index (χ1n) is 8.70. The number of carbonyl (C=O) groups excluding carboxylic acids is 1. The summed E-state index contributed by atoms with van der Waals surface area (Å²) in [4.78, 5) is 27.4. The molecular formula is C20H18N2O3S. The molecule has 0 unspecified atom stereocenters. The van der Waals surface area contributed by atoms with Crippen LogP contribution in [0.15, 0.2) is 52.3 Å². The van der Waals surface area contributed by atoms with Crippen LogP contribution in [0.2, 0.25) is 0 Å². The molecule has 2 aliphatic rings. The summed E-state index contributed by atoms with van der Waals surface area (Å²) in [6.07, 6.45) is 5.05. The number of allylic oxidation sites excluding steroid dienone is 1. The van der Waals surface area contributed by atoms with E-state index in [1.54, 1.807) is 12.1 Å². The summed E-state index contributed by atoms with van der Waals surface area (Å²) in [6.45, 7) is 1.70. The second-order valence-corrected chi connectivity index (χ2v) is 7.57. The van der Waals surface area contributed by atoms with E-state index in [-0.39, 0.29) is 16.4 Å². The molecule has 6 heteroatoms. The number of hydrogen-bond acceptors (Lipinski definition) is 5. The van der Waals surface area contributed by atoms with Gasteiger partial charge in [0.1, 0.15) is 5.69 Å². The topological polar surface area (TPSA) is 63.5 Å². The summed E-state index contributed by atoms with van der Waals surface area (Å²) in [5.74, 6) is -0.0200. The summed E-state index contributed by atoms with van der Waals surface area (Å²) in [5.41, 5.74) is 2.16. The number of piperidine rings is 1. The quantitative estimate of drug-likeness (QED) is 0.438. The van der Waals surface area contributed by atoms with Gasteiger partial charge in [0, 0.05) is 29.6 Å². The fourth-order valence-electron chi connectivity index (χ4n) is 3.47. The normalized spacial score (nSPS) is 18.2. The Morgan fingerprint density at radius 1 is 1.08 bits per heavy atom. The predicted octanol–water partition coefficient (Wildman–Crippen LogP) is 4.91. The SMILES string of the molecule is O=C1/C(=C/c2ccc(N3CCCCC3)c([N+](=O)[O-])c2)Sc2ccccc21. The lowest BCUT2D eigenvalue weighted by Gasteiger charge is -2.28. The van der Waals surface area contributed by atoms with E-state index in [1.165, 1.54) is 18.2 Å². The molecule has 0 bridgehead atoms. The van der Waals surface area contributed by atoms with E-state index in [2.05, 4.69) is 4.90 Å². The number of anilines is 1. The number of ketones is 1. The number of nitrogens with zero attached hydrogens (tertiary/aromatic N) is 2. The van der Waals surface area contributed by atoms with Gasteiger partial charge in [0.05, 0.1) is 9.83 Å². The van der Waals surface area contributed by atoms with E-state index in [0.717, 1.165) is 30.8 Å². The van der Waals surface area contributed by atoms with Gasteiger partial charge in [-0.1, -0.05) is 30.0 Å². The van der Waals surface area contributed by atoms with Gasteiger partial charge in [-0.15, -0.1) is 0 Å². The van der Waals surface area contributed by atoms with E-state index < -0.39 is 0 Å². The molecule has 0 aromatic heterocycles. The third kappa shape index (κ3) is 3.12. The second-order valence-electron chi connectivity index (χ2n) is 6.49. The summed E-state index contributed by atoms with van der Waals surface area (Å²) in [7, 11) is 0. The summed E-state index contributed by atoms with van der Waals surface area (Å²) in [6, 6.07) is 12.7. The lowest BCUT2D eigenvalue weighted by molar-refractivity contribution is -0.384. The molecule has 2 aromatic carbocycles. The zero-order valence-corrected chi connectivity index (χ0v) is 15.0. The molecule has 4 rings (SSSR count). The molecule has 2 aromatic rings. The molecule has 0 atom stereocenters. The Balaban J connectivity index is 1.67. The van der Waals surface area contributed by atoms with Crippen LogP contribution in [0.1, 0.15) is 35.2 Å². The predicted molar refractivity (Wildman–Crippen MR) is 104 cm³/mol. The number of nitro groups is 1. The van der Waals surface area contributed by atoms with Gasteiger partial charge in [-0.3, -0.25) is 14.9 Å². The Morgan fingerprint density at radius 2 is 1.85 bits per heavy atom. The highest BCUT2D eigenvalue weighted by molar-refractivity contribution is 8.04. The van der Waals surface area contributed by atoms with E-state index >= 15 is 0 Å². The zero-order valence-electron chi connectivity index (χ0n) is 14.2. The van der Waals surface area contributed by atoms with Gasteiger partial charge in [0.2, 0.25) is 5.78 Å². The zero-order chi connectivity index (χ0) is 18.1. The molecule has 132 valence electrons. The Labute approximate surface area is 155 Å². The van der Waals surface area contributed by atoms with Gasteiger partial charge in [-0.25, -0.2) is 0 Å². The van der Waals surface area contributed by atoms with Crippen LogP contribution < -0.4 is 4.90 Å². The number of rotatable bonds is 3. The van der Waals surface area contributed by atoms with Crippen molar-refractivity contribution < 1.29 is 9.72 Å².